The van der Waals surface area contributed by atoms with Gasteiger partial charge in [0.05, 0.1) is 29.6 Å². The number of nitrogens with zero attached hydrogens (tertiary/aromatic N) is 4. The molecule has 1 aromatic heterocycles. The molecule has 0 fully saturated rings. The highest BCUT2D eigenvalue weighted by molar-refractivity contribution is 6.07. The van der Waals surface area contributed by atoms with Crippen molar-refractivity contribution in [2.75, 3.05) is 24.6 Å². The maximum atomic E-state index is 13.7. The standard InChI is InChI=1S/C34H34N4O5/c1-3-18-37-30-17-16-27(38-32(41)28-14-8-7-13-26(28)22-35-38)21-29(30)34(43,33(37)42)24(2)10-9-15-31(40)36(19-20-39)23-25-11-5-4-6-12-25/h3-14,16-17,21-22,24,39,43H,1,15,18-20,23H2,2H3/b10-9+/t24-,34+/m0/s1. The largest absolute Gasteiger partial charge is 0.395 e. The van der Waals surface area contributed by atoms with Crippen LogP contribution in [0.3, 0.4) is 0 Å². The molecule has 0 saturated heterocycles. The van der Waals surface area contributed by atoms with E-state index in [1.54, 1.807) is 66.6 Å². The SMILES string of the molecule is C=CCN1C(=O)[C@@](O)([C@@H](C)/C=C/CC(=O)N(CCO)Cc2ccccc2)c2cc(-n3ncc4ccccc4c3=O)ccc21. The van der Waals surface area contributed by atoms with Gasteiger partial charge in [0.25, 0.3) is 11.5 Å². The van der Waals surface area contributed by atoms with Gasteiger partial charge in [0.2, 0.25) is 5.91 Å². The molecule has 0 spiro atoms. The summed E-state index contributed by atoms with van der Waals surface area (Å²) in [5.41, 5.74) is -0.0616. The van der Waals surface area contributed by atoms with E-state index >= 15 is 0 Å². The van der Waals surface area contributed by atoms with Crippen LogP contribution in [0.1, 0.15) is 24.5 Å². The van der Waals surface area contributed by atoms with Crippen LogP contribution in [0.25, 0.3) is 16.5 Å². The zero-order valence-electron chi connectivity index (χ0n) is 24.0. The summed E-state index contributed by atoms with van der Waals surface area (Å²) in [7, 11) is 0. The van der Waals surface area contributed by atoms with Gasteiger partial charge in [-0.15, -0.1) is 6.58 Å². The van der Waals surface area contributed by atoms with Crippen LogP contribution in [0.15, 0.2) is 109 Å². The summed E-state index contributed by atoms with van der Waals surface area (Å²) in [5, 5.41) is 27.1. The molecule has 4 aromatic rings. The number of aliphatic hydroxyl groups is 2. The normalized spacial score (nSPS) is 16.9. The fraction of sp³-hybridized carbons (Fsp3) is 0.235. The lowest BCUT2D eigenvalue weighted by atomic mass is 9.82. The van der Waals surface area contributed by atoms with Gasteiger partial charge in [-0.1, -0.05) is 73.7 Å². The third-order valence-corrected chi connectivity index (χ3v) is 7.82. The molecule has 2 heterocycles. The fourth-order valence-corrected chi connectivity index (χ4v) is 5.51. The number of aliphatic hydroxyl groups excluding tert-OH is 1. The Bertz CT molecular complexity index is 1750. The second-order valence-electron chi connectivity index (χ2n) is 10.6. The van der Waals surface area contributed by atoms with Gasteiger partial charge in [-0.2, -0.15) is 9.78 Å². The molecule has 3 aromatic carbocycles. The first-order valence-corrected chi connectivity index (χ1v) is 14.2. The number of aromatic nitrogens is 2. The number of anilines is 1. The Morgan fingerprint density at radius 1 is 1.09 bits per heavy atom. The highest BCUT2D eigenvalue weighted by Gasteiger charge is 2.52. The molecule has 1 aliphatic heterocycles. The van der Waals surface area contributed by atoms with Crippen molar-refractivity contribution < 1.29 is 19.8 Å². The molecule has 0 unspecified atom stereocenters. The first kappa shape index (κ1) is 29.6. The maximum Gasteiger partial charge on any atom is 0.279 e. The second-order valence-corrected chi connectivity index (χ2v) is 10.6. The summed E-state index contributed by atoms with van der Waals surface area (Å²) < 4.78 is 1.26. The Balaban J connectivity index is 1.44. The monoisotopic (exact) mass is 578 g/mol. The highest BCUT2D eigenvalue weighted by atomic mass is 16.3. The predicted octanol–water partition coefficient (Wildman–Crippen LogP) is 3.71. The Kier molecular flexibility index (Phi) is 8.66. The molecule has 5 rings (SSSR count). The quantitative estimate of drug-likeness (QED) is 0.262. The number of amides is 2. The Morgan fingerprint density at radius 3 is 2.58 bits per heavy atom. The fourth-order valence-electron chi connectivity index (χ4n) is 5.51. The molecular formula is C34H34N4O5. The van der Waals surface area contributed by atoms with Crippen molar-refractivity contribution in [1.29, 1.82) is 0 Å². The Hall–Kier alpha value is -4.86. The van der Waals surface area contributed by atoms with Gasteiger partial charge in [-0.05, 0) is 29.8 Å². The van der Waals surface area contributed by atoms with Crippen LogP contribution in [0.2, 0.25) is 0 Å². The van der Waals surface area contributed by atoms with E-state index in [0.717, 1.165) is 5.56 Å². The predicted molar refractivity (Wildman–Crippen MR) is 166 cm³/mol. The van der Waals surface area contributed by atoms with E-state index in [0.29, 0.717) is 34.3 Å². The Morgan fingerprint density at radius 2 is 1.84 bits per heavy atom. The minimum Gasteiger partial charge on any atom is -0.395 e. The third-order valence-electron chi connectivity index (χ3n) is 7.82. The van der Waals surface area contributed by atoms with Crippen molar-refractivity contribution in [2.45, 2.75) is 25.5 Å². The zero-order valence-corrected chi connectivity index (χ0v) is 24.0. The number of hydrogen-bond donors (Lipinski definition) is 2. The number of rotatable bonds is 11. The molecular weight excluding hydrogens is 544 g/mol. The van der Waals surface area contributed by atoms with E-state index in [1.165, 1.54) is 9.58 Å². The van der Waals surface area contributed by atoms with Crippen molar-refractivity contribution >= 4 is 28.3 Å². The summed E-state index contributed by atoms with van der Waals surface area (Å²) in [5.74, 6) is -1.44. The van der Waals surface area contributed by atoms with Crippen molar-refractivity contribution in [1.82, 2.24) is 14.7 Å². The summed E-state index contributed by atoms with van der Waals surface area (Å²) in [6.07, 6.45) is 6.51. The van der Waals surface area contributed by atoms with Gasteiger partial charge in [0.15, 0.2) is 5.60 Å². The van der Waals surface area contributed by atoms with Crippen molar-refractivity contribution in [2.24, 2.45) is 5.92 Å². The van der Waals surface area contributed by atoms with Crippen molar-refractivity contribution in [3.63, 3.8) is 0 Å². The zero-order chi connectivity index (χ0) is 30.6. The van der Waals surface area contributed by atoms with E-state index in [9.17, 15) is 24.6 Å². The second kappa shape index (κ2) is 12.6. The summed E-state index contributed by atoms with van der Waals surface area (Å²) in [6, 6.07) is 21.7. The highest BCUT2D eigenvalue weighted by Crippen LogP contribution is 2.45. The van der Waals surface area contributed by atoms with Crippen LogP contribution in [0, 0.1) is 5.92 Å². The molecule has 2 atom stereocenters. The van der Waals surface area contributed by atoms with Crippen LogP contribution in [-0.4, -0.2) is 56.4 Å². The summed E-state index contributed by atoms with van der Waals surface area (Å²) in [6.45, 7) is 6.04. The Labute approximate surface area is 249 Å². The maximum absolute atomic E-state index is 13.7. The van der Waals surface area contributed by atoms with E-state index in [4.69, 9.17) is 0 Å². The number of carbonyl (C=O) groups is 2. The molecule has 1 aliphatic rings. The lowest BCUT2D eigenvalue weighted by Gasteiger charge is -2.27. The van der Waals surface area contributed by atoms with Crippen molar-refractivity contribution in [3.8, 4) is 5.69 Å². The molecule has 0 aliphatic carbocycles. The van der Waals surface area contributed by atoms with Gasteiger partial charge < -0.3 is 20.0 Å². The summed E-state index contributed by atoms with van der Waals surface area (Å²) in [4.78, 5) is 43.0. The molecule has 2 N–H and O–H groups in total. The van der Waals surface area contributed by atoms with E-state index < -0.39 is 17.4 Å². The lowest BCUT2D eigenvalue weighted by molar-refractivity contribution is -0.139. The molecule has 220 valence electrons. The van der Waals surface area contributed by atoms with Crippen LogP contribution in [-0.2, 0) is 21.7 Å². The van der Waals surface area contributed by atoms with E-state index in [1.807, 2.05) is 42.5 Å². The van der Waals surface area contributed by atoms with Crippen LogP contribution in [0.5, 0.6) is 0 Å². The number of fused-ring (bicyclic) bond motifs is 2. The third kappa shape index (κ3) is 5.64. The molecule has 9 heteroatoms. The van der Waals surface area contributed by atoms with Gasteiger partial charge in [-0.3, -0.25) is 14.4 Å². The average molecular weight is 579 g/mol. The lowest BCUT2D eigenvalue weighted by Crippen LogP contribution is -2.44. The smallest absolute Gasteiger partial charge is 0.279 e. The molecule has 0 radical (unpaired) electrons. The first-order chi connectivity index (χ1) is 20.8. The van der Waals surface area contributed by atoms with E-state index in [-0.39, 0.29) is 37.6 Å². The topological polar surface area (TPSA) is 116 Å². The van der Waals surface area contributed by atoms with Crippen LogP contribution >= 0.6 is 0 Å². The van der Waals surface area contributed by atoms with E-state index in [2.05, 4.69) is 11.7 Å². The average Bonchev–Trinajstić information content (AvgIpc) is 3.24. The number of hydrogen-bond acceptors (Lipinski definition) is 6. The number of carbonyl (C=O) groups excluding carboxylic acids is 2. The summed E-state index contributed by atoms with van der Waals surface area (Å²) >= 11 is 0. The number of benzene rings is 3. The minimum absolute atomic E-state index is 0.0289. The molecule has 0 saturated carbocycles. The van der Waals surface area contributed by atoms with Gasteiger partial charge in [0.1, 0.15) is 0 Å². The molecule has 2 amide bonds. The first-order valence-electron chi connectivity index (χ1n) is 14.2. The van der Waals surface area contributed by atoms with Gasteiger partial charge >= 0.3 is 0 Å². The van der Waals surface area contributed by atoms with Crippen LogP contribution in [0.4, 0.5) is 5.69 Å². The molecule has 0 bridgehead atoms. The molecule has 9 nitrogen and oxygen atoms in total. The van der Waals surface area contributed by atoms with Crippen LogP contribution < -0.4 is 10.5 Å². The van der Waals surface area contributed by atoms with Gasteiger partial charge in [-0.25, -0.2) is 0 Å². The van der Waals surface area contributed by atoms with Gasteiger partial charge in [0, 0.05) is 42.9 Å². The molecule has 43 heavy (non-hydrogen) atoms. The minimum atomic E-state index is -1.96. The van der Waals surface area contributed by atoms with Crippen molar-refractivity contribution in [3.05, 3.63) is 125 Å².